The van der Waals surface area contributed by atoms with Crippen molar-refractivity contribution in [2.45, 2.75) is 85.1 Å². The lowest BCUT2D eigenvalue weighted by atomic mass is 10.0. The maximum Gasteiger partial charge on any atom is 0.237 e. The van der Waals surface area contributed by atoms with Crippen molar-refractivity contribution in [1.29, 1.82) is 0 Å². The first-order chi connectivity index (χ1) is 9.71. The predicted molar refractivity (Wildman–Crippen MR) is 88.0 cm³/mol. The Morgan fingerprint density at radius 1 is 0.900 bits per heavy atom. The summed E-state index contributed by atoms with van der Waals surface area (Å²) >= 11 is 0. The molecule has 0 fully saturated rings. The molecule has 0 bridgehead atoms. The van der Waals surface area contributed by atoms with E-state index in [2.05, 4.69) is 31.0 Å². The van der Waals surface area contributed by atoms with Crippen LogP contribution in [-0.2, 0) is 4.79 Å². The zero-order valence-electron chi connectivity index (χ0n) is 14.2. The molecular formula is C17H36N2O. The van der Waals surface area contributed by atoms with Crippen LogP contribution in [0.2, 0.25) is 0 Å². The first-order valence-corrected chi connectivity index (χ1v) is 8.72. The zero-order valence-corrected chi connectivity index (χ0v) is 14.2. The van der Waals surface area contributed by atoms with Crippen molar-refractivity contribution in [1.82, 2.24) is 10.2 Å². The summed E-state index contributed by atoms with van der Waals surface area (Å²) in [6, 6.07) is 0.0801. The second-order valence-corrected chi connectivity index (χ2v) is 5.65. The van der Waals surface area contributed by atoms with Gasteiger partial charge in [-0.25, -0.2) is 0 Å². The molecule has 0 rings (SSSR count). The average Bonchev–Trinajstić information content (AvgIpc) is 2.43. The van der Waals surface area contributed by atoms with E-state index in [1.165, 1.54) is 32.1 Å². The van der Waals surface area contributed by atoms with Crippen molar-refractivity contribution in [3.8, 4) is 0 Å². The summed E-state index contributed by atoms with van der Waals surface area (Å²) in [6.07, 6.45) is 9.58. The first-order valence-electron chi connectivity index (χ1n) is 8.72. The van der Waals surface area contributed by atoms with Gasteiger partial charge in [-0.15, -0.1) is 0 Å². The Morgan fingerprint density at radius 2 is 1.50 bits per heavy atom. The second kappa shape index (κ2) is 13.4. The summed E-state index contributed by atoms with van der Waals surface area (Å²) < 4.78 is 0. The molecule has 0 aromatic heterocycles. The summed E-state index contributed by atoms with van der Waals surface area (Å²) in [5.74, 6) is 0.227. The van der Waals surface area contributed by atoms with Crippen LogP contribution >= 0.6 is 0 Å². The van der Waals surface area contributed by atoms with Crippen LogP contribution in [0, 0.1) is 0 Å². The maximum absolute atomic E-state index is 12.3. The molecule has 0 spiro atoms. The van der Waals surface area contributed by atoms with E-state index < -0.39 is 0 Å². The lowest BCUT2D eigenvalue weighted by molar-refractivity contribution is -0.126. The van der Waals surface area contributed by atoms with Crippen LogP contribution in [-0.4, -0.2) is 36.5 Å². The van der Waals surface area contributed by atoms with Gasteiger partial charge in [0, 0.05) is 6.54 Å². The first kappa shape index (κ1) is 19.4. The van der Waals surface area contributed by atoms with Crippen molar-refractivity contribution in [3.05, 3.63) is 0 Å². The fourth-order valence-corrected chi connectivity index (χ4v) is 2.71. The van der Waals surface area contributed by atoms with E-state index in [1.807, 2.05) is 6.92 Å². The highest BCUT2D eigenvalue weighted by atomic mass is 16.2. The smallest absolute Gasteiger partial charge is 0.237 e. The van der Waals surface area contributed by atoms with Gasteiger partial charge in [-0.05, 0) is 39.3 Å². The number of likely N-dealkylation sites (N-methyl/N-ethyl adjacent to an activating group) is 1. The molecule has 1 unspecified atom stereocenters. The summed E-state index contributed by atoms with van der Waals surface area (Å²) in [5.41, 5.74) is 0. The lowest BCUT2D eigenvalue weighted by Crippen LogP contribution is -2.47. The number of rotatable bonds is 13. The summed E-state index contributed by atoms with van der Waals surface area (Å²) in [4.78, 5) is 14.7. The number of carbonyl (C=O) groups excluding carboxylic acids is 1. The molecule has 0 aliphatic rings. The van der Waals surface area contributed by atoms with Gasteiger partial charge in [0.1, 0.15) is 0 Å². The maximum atomic E-state index is 12.3. The van der Waals surface area contributed by atoms with Crippen LogP contribution in [0.5, 0.6) is 0 Å². The predicted octanol–water partition coefficient (Wildman–Crippen LogP) is 3.97. The quantitative estimate of drug-likeness (QED) is 0.519. The lowest BCUT2D eigenvalue weighted by Gasteiger charge is -2.30. The van der Waals surface area contributed by atoms with Crippen LogP contribution in [0.25, 0.3) is 0 Å². The molecule has 3 nitrogen and oxygen atoms in total. The number of nitrogens with zero attached hydrogens (tertiary/aromatic N) is 1. The Hall–Kier alpha value is -0.570. The third kappa shape index (κ3) is 8.57. The molecule has 1 amide bonds. The number of nitrogens with one attached hydrogen (secondary N) is 1. The second-order valence-electron chi connectivity index (χ2n) is 5.65. The summed E-state index contributed by atoms with van der Waals surface area (Å²) in [7, 11) is 0. The van der Waals surface area contributed by atoms with Gasteiger partial charge in [-0.3, -0.25) is 9.69 Å². The minimum Gasteiger partial charge on any atom is -0.355 e. The van der Waals surface area contributed by atoms with Gasteiger partial charge in [0.2, 0.25) is 5.91 Å². The Bertz CT molecular complexity index is 225. The van der Waals surface area contributed by atoms with E-state index in [4.69, 9.17) is 0 Å². The van der Waals surface area contributed by atoms with E-state index in [0.717, 1.165) is 38.9 Å². The van der Waals surface area contributed by atoms with Crippen LogP contribution in [0.15, 0.2) is 0 Å². The number of hydrogen-bond acceptors (Lipinski definition) is 2. The fourth-order valence-electron chi connectivity index (χ4n) is 2.71. The number of carbonyl (C=O) groups is 1. The molecule has 0 radical (unpaired) electrons. The van der Waals surface area contributed by atoms with E-state index in [-0.39, 0.29) is 11.9 Å². The van der Waals surface area contributed by atoms with E-state index >= 15 is 0 Å². The number of unbranched alkanes of at least 4 members (excludes halogenated alkanes) is 4. The minimum absolute atomic E-state index is 0.0801. The van der Waals surface area contributed by atoms with Crippen LogP contribution in [0.4, 0.5) is 0 Å². The normalized spacial score (nSPS) is 12.7. The Kier molecular flexibility index (Phi) is 13.0. The van der Waals surface area contributed by atoms with Gasteiger partial charge in [-0.2, -0.15) is 0 Å². The van der Waals surface area contributed by atoms with Gasteiger partial charge in [-0.1, -0.05) is 52.9 Å². The topological polar surface area (TPSA) is 32.3 Å². The Labute approximate surface area is 126 Å². The molecule has 0 aromatic carbocycles. The van der Waals surface area contributed by atoms with Gasteiger partial charge >= 0.3 is 0 Å². The molecule has 0 saturated heterocycles. The largest absolute Gasteiger partial charge is 0.355 e. The van der Waals surface area contributed by atoms with Gasteiger partial charge < -0.3 is 5.32 Å². The van der Waals surface area contributed by atoms with Gasteiger partial charge in [0.25, 0.3) is 0 Å². The van der Waals surface area contributed by atoms with Crippen LogP contribution in [0.1, 0.15) is 79.1 Å². The number of hydrogen-bond donors (Lipinski definition) is 1. The van der Waals surface area contributed by atoms with Gasteiger partial charge in [0.05, 0.1) is 6.04 Å². The molecule has 0 aromatic rings. The molecule has 120 valence electrons. The molecule has 3 heteroatoms. The zero-order chi connectivity index (χ0) is 15.2. The molecule has 0 aliphatic heterocycles. The molecule has 1 N–H and O–H groups in total. The van der Waals surface area contributed by atoms with Crippen molar-refractivity contribution in [2.75, 3.05) is 19.6 Å². The van der Waals surface area contributed by atoms with Crippen molar-refractivity contribution >= 4 is 5.91 Å². The SMILES string of the molecule is CCCCCCCC(C(=O)NCC)N(CCC)CCC. The van der Waals surface area contributed by atoms with Crippen molar-refractivity contribution in [2.24, 2.45) is 0 Å². The highest BCUT2D eigenvalue weighted by molar-refractivity contribution is 5.81. The van der Waals surface area contributed by atoms with Crippen molar-refractivity contribution in [3.63, 3.8) is 0 Å². The standard InChI is InChI=1S/C17H36N2O/c1-5-9-10-11-12-13-16(17(20)18-8-4)19(14-6-2)15-7-3/h16H,5-15H2,1-4H3,(H,18,20). The molecule has 0 aliphatic carbocycles. The summed E-state index contributed by atoms with van der Waals surface area (Å²) in [6.45, 7) is 11.4. The molecule has 1 atom stereocenters. The number of amides is 1. The summed E-state index contributed by atoms with van der Waals surface area (Å²) in [5, 5.41) is 3.01. The monoisotopic (exact) mass is 284 g/mol. The van der Waals surface area contributed by atoms with E-state index in [1.54, 1.807) is 0 Å². The molecule has 20 heavy (non-hydrogen) atoms. The molecule has 0 saturated carbocycles. The average molecular weight is 284 g/mol. The minimum atomic E-state index is 0.0801. The molecule has 0 heterocycles. The van der Waals surface area contributed by atoms with Crippen LogP contribution < -0.4 is 5.32 Å². The highest BCUT2D eigenvalue weighted by Crippen LogP contribution is 2.13. The Balaban J connectivity index is 4.40. The van der Waals surface area contributed by atoms with Crippen LogP contribution in [0.3, 0.4) is 0 Å². The third-order valence-corrected chi connectivity index (χ3v) is 3.70. The third-order valence-electron chi connectivity index (χ3n) is 3.70. The molecular weight excluding hydrogens is 248 g/mol. The van der Waals surface area contributed by atoms with E-state index in [9.17, 15) is 4.79 Å². The fraction of sp³-hybridized carbons (Fsp3) is 0.941. The highest BCUT2D eigenvalue weighted by Gasteiger charge is 2.23. The Morgan fingerprint density at radius 3 is 2.00 bits per heavy atom. The van der Waals surface area contributed by atoms with Crippen molar-refractivity contribution < 1.29 is 4.79 Å². The van der Waals surface area contributed by atoms with Gasteiger partial charge in [0.15, 0.2) is 0 Å². The van der Waals surface area contributed by atoms with E-state index in [0.29, 0.717) is 0 Å².